The first-order valence-corrected chi connectivity index (χ1v) is 4.58. The van der Waals surface area contributed by atoms with Gasteiger partial charge in [0.05, 0.1) is 24.2 Å². The lowest BCUT2D eigenvalue weighted by Crippen LogP contribution is -1.98. The van der Waals surface area contributed by atoms with Gasteiger partial charge < -0.3 is 4.74 Å². The van der Waals surface area contributed by atoms with Crippen molar-refractivity contribution in [1.29, 1.82) is 0 Å². The van der Waals surface area contributed by atoms with Crippen LogP contribution in [0.1, 0.15) is 17.7 Å². The van der Waals surface area contributed by atoms with Crippen LogP contribution in [-0.4, -0.2) is 12.1 Å². The molecule has 78 valence electrons. The number of hydrogen-bond acceptors (Lipinski definition) is 2. The second-order valence-corrected chi connectivity index (χ2v) is 3.09. The topological polar surface area (TPSA) is 22.1 Å². The van der Waals surface area contributed by atoms with Gasteiger partial charge in [-0.05, 0) is 6.07 Å². The second-order valence-electron chi connectivity index (χ2n) is 2.46. The highest BCUT2D eigenvalue weighted by molar-refractivity contribution is 6.31. The van der Waals surface area contributed by atoms with E-state index in [0.717, 1.165) is 0 Å². The van der Waals surface area contributed by atoms with Crippen LogP contribution in [0.4, 0.5) is 8.78 Å². The lowest BCUT2D eigenvalue weighted by molar-refractivity contribution is 0.147. The maximum absolute atomic E-state index is 12.5. The molecule has 1 rings (SSSR count). The zero-order chi connectivity index (χ0) is 10.7. The lowest BCUT2D eigenvalue weighted by Gasteiger charge is -2.10. The van der Waals surface area contributed by atoms with Crippen molar-refractivity contribution < 1.29 is 13.5 Å². The summed E-state index contributed by atoms with van der Waals surface area (Å²) in [5.74, 6) is -0.0702. The van der Waals surface area contributed by atoms with Crippen LogP contribution in [-0.2, 0) is 5.88 Å². The van der Waals surface area contributed by atoms with Crippen molar-refractivity contribution in [2.45, 2.75) is 12.3 Å². The number of hydrogen-bond donors (Lipinski definition) is 0. The molecule has 0 saturated carbocycles. The molecule has 2 nitrogen and oxygen atoms in total. The van der Waals surface area contributed by atoms with Crippen LogP contribution >= 0.6 is 23.2 Å². The van der Waals surface area contributed by atoms with Crippen molar-refractivity contribution in [2.24, 2.45) is 0 Å². The average Bonchev–Trinajstić information content (AvgIpc) is 2.16. The van der Waals surface area contributed by atoms with E-state index >= 15 is 0 Å². The number of aromatic nitrogens is 1. The average molecular weight is 242 g/mol. The van der Waals surface area contributed by atoms with E-state index in [1.54, 1.807) is 0 Å². The Morgan fingerprint density at radius 1 is 1.57 bits per heavy atom. The van der Waals surface area contributed by atoms with E-state index in [2.05, 4.69) is 4.98 Å². The third-order valence-corrected chi connectivity index (χ3v) is 2.12. The fourth-order valence-corrected chi connectivity index (χ4v) is 1.44. The van der Waals surface area contributed by atoms with Gasteiger partial charge in [-0.15, -0.1) is 11.6 Å². The van der Waals surface area contributed by atoms with Gasteiger partial charge in [-0.25, -0.2) is 13.8 Å². The second kappa shape index (κ2) is 4.75. The van der Waals surface area contributed by atoms with Gasteiger partial charge in [0.25, 0.3) is 6.43 Å². The number of alkyl halides is 3. The number of rotatable bonds is 3. The van der Waals surface area contributed by atoms with E-state index < -0.39 is 6.43 Å². The van der Waals surface area contributed by atoms with Gasteiger partial charge in [0, 0.05) is 0 Å². The van der Waals surface area contributed by atoms with Crippen molar-refractivity contribution in [3.8, 4) is 5.75 Å². The summed E-state index contributed by atoms with van der Waals surface area (Å²) in [4.78, 5) is 3.78. The van der Waals surface area contributed by atoms with Crippen molar-refractivity contribution in [2.75, 3.05) is 7.11 Å². The minimum absolute atomic E-state index is 0.0312. The lowest BCUT2D eigenvalue weighted by atomic mass is 10.2. The van der Waals surface area contributed by atoms with Gasteiger partial charge in [-0.1, -0.05) is 11.6 Å². The highest BCUT2D eigenvalue weighted by atomic mass is 35.5. The molecule has 1 heterocycles. The van der Waals surface area contributed by atoms with Gasteiger partial charge >= 0.3 is 0 Å². The molecule has 0 atom stereocenters. The van der Waals surface area contributed by atoms with Crippen molar-refractivity contribution in [1.82, 2.24) is 4.98 Å². The third-order valence-electron chi connectivity index (χ3n) is 1.59. The zero-order valence-corrected chi connectivity index (χ0v) is 8.74. The highest BCUT2D eigenvalue weighted by Gasteiger charge is 2.18. The first kappa shape index (κ1) is 11.5. The Balaban J connectivity index is 3.28. The Kier molecular flexibility index (Phi) is 3.89. The summed E-state index contributed by atoms with van der Waals surface area (Å²) in [6.45, 7) is 0. The van der Waals surface area contributed by atoms with Crippen molar-refractivity contribution in [3.63, 3.8) is 0 Å². The number of halogens is 4. The Hall–Kier alpha value is -0.610. The molecule has 1 aromatic rings. The molecule has 0 amide bonds. The molecule has 0 spiro atoms. The fourth-order valence-electron chi connectivity index (χ4n) is 1.01. The molecule has 0 aliphatic heterocycles. The Labute approximate surface area is 89.8 Å². The van der Waals surface area contributed by atoms with E-state index in [4.69, 9.17) is 27.9 Å². The molecule has 6 heteroatoms. The first-order chi connectivity index (χ1) is 6.60. The molecule has 0 fully saturated rings. The Bertz CT molecular complexity index is 333. The summed E-state index contributed by atoms with van der Waals surface area (Å²) in [5, 5.41) is -0.0963. The monoisotopic (exact) mass is 241 g/mol. The molecule has 0 unspecified atom stereocenters. The SMILES string of the molecule is COc1c(C(F)F)cc(CCl)nc1Cl. The van der Waals surface area contributed by atoms with Gasteiger partial charge in [0.2, 0.25) is 0 Å². The van der Waals surface area contributed by atoms with Crippen LogP contribution in [0, 0.1) is 0 Å². The van der Waals surface area contributed by atoms with Crippen LogP contribution in [0.5, 0.6) is 5.75 Å². The molecule has 0 aliphatic carbocycles. The summed E-state index contributed by atoms with van der Waals surface area (Å²) >= 11 is 11.1. The van der Waals surface area contributed by atoms with Crippen molar-refractivity contribution in [3.05, 3.63) is 22.5 Å². The maximum atomic E-state index is 12.5. The standard InChI is InChI=1S/C8H7Cl2F2NO/c1-14-6-5(8(11)12)2-4(3-9)13-7(6)10/h2,8H,3H2,1H3. The van der Waals surface area contributed by atoms with Gasteiger partial charge in [0.1, 0.15) is 0 Å². The number of ether oxygens (including phenoxy) is 1. The minimum atomic E-state index is -2.66. The van der Waals surface area contributed by atoms with E-state index in [0.29, 0.717) is 5.69 Å². The number of methoxy groups -OCH3 is 1. The summed E-state index contributed by atoms with van der Waals surface area (Å²) in [5.41, 5.74) is 0.0101. The van der Waals surface area contributed by atoms with Gasteiger partial charge in [-0.3, -0.25) is 0 Å². The molecular formula is C8H7Cl2F2NO. The van der Waals surface area contributed by atoms with Crippen LogP contribution in [0.15, 0.2) is 6.07 Å². The fraction of sp³-hybridized carbons (Fsp3) is 0.375. The van der Waals surface area contributed by atoms with Crippen LogP contribution < -0.4 is 4.74 Å². The number of pyridine rings is 1. The summed E-state index contributed by atoms with van der Waals surface area (Å²) in [7, 11) is 1.26. The van der Waals surface area contributed by atoms with E-state index in [-0.39, 0.29) is 22.3 Å². The summed E-state index contributed by atoms with van der Waals surface area (Å²) in [6, 6.07) is 1.18. The zero-order valence-electron chi connectivity index (χ0n) is 7.23. The third kappa shape index (κ3) is 2.25. The van der Waals surface area contributed by atoms with E-state index in [1.807, 2.05) is 0 Å². The molecule has 0 aliphatic rings. The molecule has 0 radical (unpaired) electrons. The predicted molar refractivity (Wildman–Crippen MR) is 50.3 cm³/mol. The van der Waals surface area contributed by atoms with E-state index in [1.165, 1.54) is 13.2 Å². The predicted octanol–water partition coefficient (Wildman–Crippen LogP) is 3.42. The first-order valence-electron chi connectivity index (χ1n) is 3.67. The summed E-state index contributed by atoms with van der Waals surface area (Å²) < 4.78 is 29.7. The maximum Gasteiger partial charge on any atom is 0.267 e. The smallest absolute Gasteiger partial charge is 0.267 e. The molecule has 14 heavy (non-hydrogen) atoms. The van der Waals surface area contributed by atoms with E-state index in [9.17, 15) is 8.78 Å². The van der Waals surface area contributed by atoms with Gasteiger partial charge in [-0.2, -0.15) is 0 Å². The largest absolute Gasteiger partial charge is 0.493 e. The molecule has 0 saturated heterocycles. The number of nitrogens with zero attached hydrogens (tertiary/aromatic N) is 1. The van der Waals surface area contributed by atoms with Crippen molar-refractivity contribution >= 4 is 23.2 Å². The highest BCUT2D eigenvalue weighted by Crippen LogP contribution is 2.34. The van der Waals surface area contributed by atoms with Crippen LogP contribution in [0.2, 0.25) is 5.15 Å². The Morgan fingerprint density at radius 2 is 2.21 bits per heavy atom. The van der Waals surface area contributed by atoms with Crippen LogP contribution in [0.3, 0.4) is 0 Å². The molecule has 1 aromatic heterocycles. The summed E-state index contributed by atoms with van der Waals surface area (Å²) in [6.07, 6.45) is -2.66. The van der Waals surface area contributed by atoms with Gasteiger partial charge in [0.15, 0.2) is 10.9 Å². The minimum Gasteiger partial charge on any atom is -0.493 e. The molecule has 0 N–H and O–H groups in total. The quantitative estimate of drug-likeness (QED) is 0.598. The molecule has 0 bridgehead atoms. The van der Waals surface area contributed by atoms with Crippen LogP contribution in [0.25, 0.3) is 0 Å². The molecular weight excluding hydrogens is 235 g/mol. The normalized spacial score (nSPS) is 10.7. The Morgan fingerprint density at radius 3 is 2.64 bits per heavy atom. The molecule has 0 aromatic carbocycles.